The van der Waals surface area contributed by atoms with E-state index in [1.165, 1.54) is 19.2 Å². The van der Waals surface area contributed by atoms with Gasteiger partial charge >= 0.3 is 0 Å². The van der Waals surface area contributed by atoms with E-state index in [0.29, 0.717) is 13.2 Å². The lowest BCUT2D eigenvalue weighted by atomic mass is 10.1. The molecule has 138 valence electrons. The molecule has 1 aliphatic rings. The highest BCUT2D eigenvalue weighted by Gasteiger charge is 2.17. The predicted molar refractivity (Wildman–Crippen MR) is 95.6 cm³/mol. The molecular formula is C15H24Cl2FN3O3. The maximum absolute atomic E-state index is 13.5. The Morgan fingerprint density at radius 2 is 2.08 bits per heavy atom. The first-order valence-corrected chi connectivity index (χ1v) is 7.25. The minimum Gasteiger partial charge on any atom is -0.383 e. The molecule has 2 rings (SSSR count). The number of benzene rings is 1. The molecule has 1 aromatic carbocycles. The van der Waals surface area contributed by atoms with Crippen LogP contribution >= 0.6 is 24.8 Å². The molecule has 1 amide bonds. The number of hydrogen-bond acceptors (Lipinski definition) is 5. The van der Waals surface area contributed by atoms with Crippen LogP contribution in [0.1, 0.15) is 5.56 Å². The van der Waals surface area contributed by atoms with Crippen molar-refractivity contribution in [3.63, 3.8) is 0 Å². The van der Waals surface area contributed by atoms with Gasteiger partial charge in [0.15, 0.2) is 0 Å². The maximum atomic E-state index is 13.5. The van der Waals surface area contributed by atoms with Crippen LogP contribution < -0.4 is 16.0 Å². The maximum Gasteiger partial charge on any atom is 0.239 e. The lowest BCUT2D eigenvalue weighted by molar-refractivity contribution is -0.123. The number of nitrogens with two attached hydrogens (primary N) is 1. The van der Waals surface area contributed by atoms with E-state index < -0.39 is 6.04 Å². The van der Waals surface area contributed by atoms with Gasteiger partial charge in [0.05, 0.1) is 19.8 Å². The SMILES string of the molecule is COCC(N)C(=O)NCc1cc(F)ccc1N1CCOCC1.Cl.Cl. The number of carbonyl (C=O) groups excluding carboxylic acids is 1. The normalized spacial score (nSPS) is 15.0. The minimum atomic E-state index is -0.731. The summed E-state index contributed by atoms with van der Waals surface area (Å²) in [6.07, 6.45) is 0. The molecule has 1 aromatic rings. The summed E-state index contributed by atoms with van der Waals surface area (Å²) in [6, 6.07) is 3.86. The number of ether oxygens (including phenoxy) is 2. The van der Waals surface area contributed by atoms with Crippen molar-refractivity contribution in [3.8, 4) is 0 Å². The molecule has 0 aliphatic carbocycles. The smallest absolute Gasteiger partial charge is 0.239 e. The summed E-state index contributed by atoms with van der Waals surface area (Å²) < 4.78 is 23.7. The van der Waals surface area contributed by atoms with E-state index >= 15 is 0 Å². The lowest BCUT2D eigenvalue weighted by Crippen LogP contribution is -2.43. The van der Waals surface area contributed by atoms with Gasteiger partial charge in [-0.2, -0.15) is 0 Å². The fraction of sp³-hybridized carbons (Fsp3) is 0.533. The van der Waals surface area contributed by atoms with Crippen molar-refractivity contribution in [2.45, 2.75) is 12.6 Å². The van der Waals surface area contributed by atoms with Crippen LogP contribution in [0, 0.1) is 5.82 Å². The number of amides is 1. The number of methoxy groups -OCH3 is 1. The zero-order chi connectivity index (χ0) is 15.9. The Morgan fingerprint density at radius 1 is 1.42 bits per heavy atom. The third-order valence-corrected chi connectivity index (χ3v) is 3.53. The number of nitrogens with one attached hydrogen (secondary N) is 1. The van der Waals surface area contributed by atoms with Crippen molar-refractivity contribution in [2.24, 2.45) is 5.73 Å². The molecular weight excluding hydrogens is 360 g/mol. The largest absolute Gasteiger partial charge is 0.383 e. The Morgan fingerprint density at radius 3 is 2.71 bits per heavy atom. The number of carbonyl (C=O) groups is 1. The molecule has 0 radical (unpaired) electrons. The van der Waals surface area contributed by atoms with Crippen LogP contribution in [0.15, 0.2) is 18.2 Å². The first-order chi connectivity index (χ1) is 10.6. The monoisotopic (exact) mass is 383 g/mol. The van der Waals surface area contributed by atoms with Crippen molar-refractivity contribution in [1.82, 2.24) is 5.32 Å². The molecule has 0 spiro atoms. The Bertz CT molecular complexity index is 517. The van der Waals surface area contributed by atoms with Gasteiger partial charge in [-0.15, -0.1) is 24.8 Å². The van der Waals surface area contributed by atoms with Crippen LogP contribution in [0.2, 0.25) is 0 Å². The summed E-state index contributed by atoms with van der Waals surface area (Å²) in [5, 5.41) is 2.72. The molecule has 0 aromatic heterocycles. The number of nitrogens with zero attached hydrogens (tertiary/aromatic N) is 1. The van der Waals surface area contributed by atoms with Crippen LogP contribution in [0.5, 0.6) is 0 Å². The van der Waals surface area contributed by atoms with E-state index in [0.717, 1.165) is 24.3 Å². The summed E-state index contributed by atoms with van der Waals surface area (Å²) in [6.45, 7) is 3.14. The van der Waals surface area contributed by atoms with Crippen molar-refractivity contribution in [2.75, 3.05) is 44.9 Å². The van der Waals surface area contributed by atoms with Crippen LogP contribution in [-0.2, 0) is 20.8 Å². The zero-order valence-corrected chi connectivity index (χ0v) is 15.1. The highest BCUT2D eigenvalue weighted by atomic mass is 35.5. The molecule has 24 heavy (non-hydrogen) atoms. The third-order valence-electron chi connectivity index (χ3n) is 3.53. The van der Waals surface area contributed by atoms with E-state index in [1.807, 2.05) is 0 Å². The van der Waals surface area contributed by atoms with Crippen molar-refractivity contribution >= 4 is 36.4 Å². The first-order valence-electron chi connectivity index (χ1n) is 7.25. The molecule has 1 saturated heterocycles. The number of rotatable bonds is 6. The van der Waals surface area contributed by atoms with Gasteiger partial charge in [-0.25, -0.2) is 4.39 Å². The molecule has 1 atom stereocenters. The summed E-state index contributed by atoms with van der Waals surface area (Å²) in [4.78, 5) is 14.0. The number of hydrogen-bond donors (Lipinski definition) is 2. The number of anilines is 1. The van der Waals surface area contributed by atoms with Crippen molar-refractivity contribution in [1.29, 1.82) is 0 Å². The van der Waals surface area contributed by atoms with E-state index in [1.54, 1.807) is 6.07 Å². The molecule has 6 nitrogen and oxygen atoms in total. The van der Waals surface area contributed by atoms with Crippen molar-refractivity contribution in [3.05, 3.63) is 29.6 Å². The van der Waals surface area contributed by atoms with Gasteiger partial charge in [-0.3, -0.25) is 4.79 Å². The van der Waals surface area contributed by atoms with E-state index in [2.05, 4.69) is 10.2 Å². The van der Waals surface area contributed by atoms with Crippen LogP contribution in [-0.4, -0.2) is 52.0 Å². The Labute approximate surface area is 153 Å². The van der Waals surface area contributed by atoms with E-state index in [-0.39, 0.29) is 49.7 Å². The summed E-state index contributed by atoms with van der Waals surface area (Å²) >= 11 is 0. The third kappa shape index (κ3) is 6.41. The van der Waals surface area contributed by atoms with Gasteiger partial charge in [-0.05, 0) is 23.8 Å². The Balaban J connectivity index is 0.00000264. The second-order valence-corrected chi connectivity index (χ2v) is 5.15. The second kappa shape index (κ2) is 11.4. The molecule has 0 saturated carbocycles. The van der Waals surface area contributed by atoms with Gasteiger partial charge in [0.25, 0.3) is 0 Å². The lowest BCUT2D eigenvalue weighted by Gasteiger charge is -2.30. The summed E-state index contributed by atoms with van der Waals surface area (Å²) in [5.74, 6) is -0.651. The Hall–Kier alpha value is -1.12. The fourth-order valence-corrected chi connectivity index (χ4v) is 2.38. The number of morpholine rings is 1. The number of halogens is 3. The van der Waals surface area contributed by atoms with Gasteiger partial charge in [0, 0.05) is 32.4 Å². The van der Waals surface area contributed by atoms with Gasteiger partial charge in [0.2, 0.25) is 5.91 Å². The van der Waals surface area contributed by atoms with Gasteiger partial charge in [0.1, 0.15) is 11.9 Å². The van der Waals surface area contributed by atoms with E-state index in [9.17, 15) is 9.18 Å². The molecule has 9 heteroatoms. The molecule has 3 N–H and O–H groups in total. The molecule has 1 heterocycles. The molecule has 1 unspecified atom stereocenters. The molecule has 0 bridgehead atoms. The highest BCUT2D eigenvalue weighted by Crippen LogP contribution is 2.22. The average Bonchev–Trinajstić information content (AvgIpc) is 2.53. The summed E-state index contributed by atoms with van der Waals surface area (Å²) in [5.41, 5.74) is 7.29. The quantitative estimate of drug-likeness (QED) is 0.768. The summed E-state index contributed by atoms with van der Waals surface area (Å²) in [7, 11) is 1.48. The van der Waals surface area contributed by atoms with Crippen LogP contribution in [0.4, 0.5) is 10.1 Å². The zero-order valence-electron chi connectivity index (χ0n) is 13.5. The topological polar surface area (TPSA) is 76.8 Å². The van der Waals surface area contributed by atoms with Gasteiger partial charge in [-0.1, -0.05) is 0 Å². The van der Waals surface area contributed by atoms with Crippen LogP contribution in [0.25, 0.3) is 0 Å². The predicted octanol–water partition coefficient (Wildman–Crippen LogP) is 1.10. The standard InChI is InChI=1S/C15H22FN3O3.2ClH/c1-21-10-13(17)15(20)18-9-11-8-12(16)2-3-14(11)19-4-6-22-7-5-19;;/h2-3,8,13H,4-7,9-10,17H2,1H3,(H,18,20);2*1H. The Kier molecular flexibility index (Phi) is 10.9. The second-order valence-electron chi connectivity index (χ2n) is 5.15. The van der Waals surface area contributed by atoms with Crippen molar-refractivity contribution < 1.29 is 18.7 Å². The van der Waals surface area contributed by atoms with E-state index in [4.69, 9.17) is 15.2 Å². The minimum absolute atomic E-state index is 0. The molecule has 1 fully saturated rings. The average molecular weight is 384 g/mol. The first kappa shape index (κ1) is 22.9. The van der Waals surface area contributed by atoms with Crippen LogP contribution in [0.3, 0.4) is 0 Å². The fourth-order valence-electron chi connectivity index (χ4n) is 2.38. The van der Waals surface area contributed by atoms with Gasteiger partial charge < -0.3 is 25.4 Å². The molecule has 1 aliphatic heterocycles. The highest BCUT2D eigenvalue weighted by molar-refractivity contribution is 5.85.